The van der Waals surface area contributed by atoms with Gasteiger partial charge in [0.15, 0.2) is 5.65 Å². The Labute approximate surface area is 165 Å². The highest BCUT2D eigenvalue weighted by Gasteiger charge is 2.22. The van der Waals surface area contributed by atoms with Gasteiger partial charge in [0.1, 0.15) is 5.69 Å². The number of H-pyrrole nitrogens is 2. The summed E-state index contributed by atoms with van der Waals surface area (Å²) in [6, 6.07) is 0.592. The Kier molecular flexibility index (Phi) is 4.31. The fourth-order valence-electron chi connectivity index (χ4n) is 3.48. The molecular formula is C18H23N9O2. The Morgan fingerprint density at radius 3 is 2.72 bits per heavy atom. The Balaban J connectivity index is 1.59. The maximum atomic E-state index is 11.4. The minimum absolute atomic E-state index is 0.226. The molecule has 0 unspecified atom stereocenters. The van der Waals surface area contributed by atoms with E-state index in [0.29, 0.717) is 28.5 Å². The fraction of sp³-hybridized carbons (Fsp3) is 0.500. The van der Waals surface area contributed by atoms with Crippen LogP contribution in [0.15, 0.2) is 16.0 Å². The summed E-state index contributed by atoms with van der Waals surface area (Å²) >= 11 is 0. The zero-order valence-electron chi connectivity index (χ0n) is 16.1. The fourth-order valence-corrected chi connectivity index (χ4v) is 3.48. The average molecular weight is 397 g/mol. The van der Waals surface area contributed by atoms with Crippen LogP contribution in [0, 0.1) is 0 Å². The van der Waals surface area contributed by atoms with E-state index in [2.05, 4.69) is 47.3 Å². The van der Waals surface area contributed by atoms with Crippen LogP contribution in [0.4, 0.5) is 5.95 Å². The third-order valence-electron chi connectivity index (χ3n) is 5.31. The van der Waals surface area contributed by atoms with Gasteiger partial charge < -0.3 is 20.3 Å². The summed E-state index contributed by atoms with van der Waals surface area (Å²) in [5, 5.41) is 18.3. The predicted octanol–water partition coefficient (Wildman–Crippen LogP) is -1.04. The molecule has 4 heterocycles. The van der Waals surface area contributed by atoms with E-state index in [-0.39, 0.29) is 17.6 Å². The van der Waals surface area contributed by atoms with Gasteiger partial charge in [-0.05, 0) is 51.9 Å². The number of hydrogen-bond acceptors (Lipinski definition) is 8. The summed E-state index contributed by atoms with van der Waals surface area (Å²) in [5.74, 6) is 0.296. The molecule has 0 radical (unpaired) electrons. The second-order valence-corrected chi connectivity index (χ2v) is 7.75. The van der Waals surface area contributed by atoms with Gasteiger partial charge in [0.2, 0.25) is 11.8 Å². The number of likely N-dealkylation sites (tertiary alicyclic amines) is 1. The maximum absolute atomic E-state index is 11.4. The molecule has 11 heteroatoms. The summed E-state index contributed by atoms with van der Waals surface area (Å²) < 4.78 is 1.60. The Morgan fingerprint density at radius 2 is 2.03 bits per heavy atom. The largest absolute Gasteiger partial charge is 0.493 e. The first kappa shape index (κ1) is 17.9. The first-order chi connectivity index (χ1) is 14.0. The van der Waals surface area contributed by atoms with Crippen LogP contribution in [0.2, 0.25) is 0 Å². The van der Waals surface area contributed by atoms with Crippen molar-refractivity contribution >= 4 is 17.7 Å². The lowest BCUT2D eigenvalue weighted by atomic mass is 10.1. The van der Waals surface area contributed by atoms with Crippen LogP contribution in [0.3, 0.4) is 0 Å². The van der Waals surface area contributed by atoms with E-state index in [4.69, 9.17) is 0 Å². The maximum Gasteiger partial charge on any atom is 0.326 e. The first-order valence-corrected chi connectivity index (χ1v) is 9.83. The van der Waals surface area contributed by atoms with Crippen molar-refractivity contribution in [1.82, 2.24) is 34.4 Å². The molecule has 2 fully saturated rings. The minimum Gasteiger partial charge on any atom is -0.493 e. The zero-order valence-corrected chi connectivity index (χ0v) is 16.1. The lowest BCUT2D eigenvalue weighted by Crippen LogP contribution is -2.37. The van der Waals surface area contributed by atoms with Crippen molar-refractivity contribution in [3.63, 3.8) is 0 Å². The van der Waals surface area contributed by atoms with Crippen molar-refractivity contribution in [2.24, 2.45) is 4.99 Å². The highest BCUT2D eigenvalue weighted by molar-refractivity contribution is 5.57. The molecule has 1 aliphatic carbocycles. The number of nitrogens with zero attached hydrogens (tertiary/aromatic N) is 6. The van der Waals surface area contributed by atoms with Crippen molar-refractivity contribution in [3.05, 3.63) is 33.2 Å². The van der Waals surface area contributed by atoms with Gasteiger partial charge in [0.25, 0.3) is 5.62 Å². The second kappa shape index (κ2) is 6.99. The second-order valence-electron chi connectivity index (χ2n) is 7.75. The number of anilines is 1. The number of nitrogens with one attached hydrogen (secondary N) is 3. The molecule has 1 aliphatic heterocycles. The molecular weight excluding hydrogens is 374 g/mol. The molecule has 0 spiro atoms. The summed E-state index contributed by atoms with van der Waals surface area (Å²) in [4.78, 5) is 32.5. The zero-order chi connectivity index (χ0) is 20.0. The van der Waals surface area contributed by atoms with Crippen molar-refractivity contribution in [2.75, 3.05) is 25.5 Å². The lowest BCUT2D eigenvalue weighted by Gasteiger charge is -2.29. The van der Waals surface area contributed by atoms with Crippen molar-refractivity contribution in [1.29, 1.82) is 0 Å². The smallest absolute Gasteiger partial charge is 0.326 e. The van der Waals surface area contributed by atoms with E-state index in [1.165, 1.54) is 0 Å². The topological polar surface area (TPSA) is 140 Å². The molecule has 11 nitrogen and oxygen atoms in total. The molecule has 0 aromatic carbocycles. The molecule has 0 bridgehead atoms. The van der Waals surface area contributed by atoms with Gasteiger partial charge in [0, 0.05) is 11.3 Å². The highest BCUT2D eigenvalue weighted by atomic mass is 16.3. The van der Waals surface area contributed by atoms with Crippen LogP contribution in [-0.2, 0) is 0 Å². The lowest BCUT2D eigenvalue weighted by molar-refractivity contribution is 0.263. The van der Waals surface area contributed by atoms with Gasteiger partial charge in [-0.3, -0.25) is 4.98 Å². The van der Waals surface area contributed by atoms with Crippen LogP contribution < -0.4 is 21.8 Å². The molecule has 152 valence electrons. The SMILES string of the molecule is CN1CCC(Nc2nc(=NC3CC3)n3ncc(=Cc4[nH]c(=O)[nH]c4O)c3n2)CC1. The minimum atomic E-state index is -0.478. The molecule has 3 aromatic heterocycles. The molecule has 5 rings (SSSR count). The number of aromatic hydroxyl groups is 1. The van der Waals surface area contributed by atoms with E-state index in [1.807, 2.05) is 0 Å². The summed E-state index contributed by atoms with van der Waals surface area (Å²) in [5.41, 5.74) is 0.874. The number of imidazole rings is 1. The molecule has 0 amide bonds. The van der Waals surface area contributed by atoms with Crippen molar-refractivity contribution in [2.45, 2.75) is 37.8 Å². The number of aromatic amines is 2. The molecule has 4 N–H and O–H groups in total. The first-order valence-electron chi connectivity index (χ1n) is 9.83. The van der Waals surface area contributed by atoms with Crippen LogP contribution in [0.1, 0.15) is 31.4 Å². The Hall–Kier alpha value is -3.21. The Morgan fingerprint density at radius 1 is 1.24 bits per heavy atom. The molecule has 3 aromatic rings. The monoisotopic (exact) mass is 397 g/mol. The van der Waals surface area contributed by atoms with Crippen molar-refractivity contribution < 1.29 is 5.11 Å². The predicted molar refractivity (Wildman–Crippen MR) is 105 cm³/mol. The van der Waals surface area contributed by atoms with Crippen molar-refractivity contribution in [3.8, 4) is 5.88 Å². The quantitative estimate of drug-likeness (QED) is 0.441. The van der Waals surface area contributed by atoms with Gasteiger partial charge in [-0.25, -0.2) is 9.79 Å². The summed E-state index contributed by atoms with van der Waals surface area (Å²) in [6.45, 7) is 2.07. The Bertz CT molecular complexity index is 1210. The number of fused-ring (bicyclic) bond motifs is 1. The van der Waals surface area contributed by atoms with E-state index >= 15 is 0 Å². The number of piperidine rings is 1. The normalized spacial score (nSPS) is 20.0. The summed E-state index contributed by atoms with van der Waals surface area (Å²) in [6.07, 6.45) is 7.42. The standard InChI is InChI=1S/C18H23N9O2/c1-26-6-4-12(5-7-26)20-16-23-14-10(8-13-15(28)24-18(29)22-13)9-19-27(14)17(25-16)21-11-2-3-11/h8-9,11-12,28H,2-7H2,1H3,(H,20,21,25)(H2,22,24,29). The van der Waals surface area contributed by atoms with E-state index in [1.54, 1.807) is 16.8 Å². The van der Waals surface area contributed by atoms with Gasteiger partial charge in [-0.15, -0.1) is 0 Å². The number of rotatable bonds is 4. The molecule has 0 atom stereocenters. The third-order valence-corrected chi connectivity index (χ3v) is 5.31. The van der Waals surface area contributed by atoms with Crippen LogP contribution in [-0.4, -0.2) is 71.8 Å². The van der Waals surface area contributed by atoms with E-state index < -0.39 is 5.69 Å². The van der Waals surface area contributed by atoms with E-state index in [9.17, 15) is 9.90 Å². The summed E-state index contributed by atoms with van der Waals surface area (Å²) in [7, 11) is 2.13. The van der Waals surface area contributed by atoms with Crippen LogP contribution >= 0.6 is 0 Å². The van der Waals surface area contributed by atoms with Crippen LogP contribution in [0.25, 0.3) is 11.7 Å². The van der Waals surface area contributed by atoms with E-state index in [0.717, 1.165) is 38.8 Å². The van der Waals surface area contributed by atoms with Gasteiger partial charge in [0.05, 0.1) is 12.2 Å². The number of hydrogen-bond donors (Lipinski definition) is 4. The molecule has 29 heavy (non-hydrogen) atoms. The highest BCUT2D eigenvalue weighted by Crippen LogP contribution is 2.22. The molecule has 1 saturated carbocycles. The van der Waals surface area contributed by atoms with Gasteiger partial charge in [-0.1, -0.05) is 0 Å². The molecule has 1 saturated heterocycles. The average Bonchev–Trinajstić information content (AvgIpc) is 3.33. The van der Waals surface area contributed by atoms with Gasteiger partial charge >= 0.3 is 5.69 Å². The van der Waals surface area contributed by atoms with Crippen LogP contribution in [0.5, 0.6) is 5.88 Å². The van der Waals surface area contributed by atoms with Gasteiger partial charge in [-0.2, -0.15) is 19.6 Å². The third kappa shape index (κ3) is 3.73. The number of aromatic nitrogens is 6. The molecule has 2 aliphatic rings.